The quantitative estimate of drug-likeness (QED) is 0.830. The van der Waals surface area contributed by atoms with Crippen molar-refractivity contribution < 1.29 is 23.1 Å². The number of nitrogens with one attached hydrogen (secondary N) is 1. The van der Waals surface area contributed by atoms with E-state index in [1.165, 1.54) is 4.90 Å². The van der Waals surface area contributed by atoms with Gasteiger partial charge in [-0.05, 0) is 24.9 Å². The van der Waals surface area contributed by atoms with Crippen LogP contribution >= 0.6 is 0 Å². The largest absolute Gasteiger partial charge is 0.401 e. The number of carbonyl (C=O) groups is 1. The summed E-state index contributed by atoms with van der Waals surface area (Å²) >= 11 is 0. The summed E-state index contributed by atoms with van der Waals surface area (Å²) in [5, 5.41) is 12.6. The van der Waals surface area contributed by atoms with Crippen LogP contribution in [0.1, 0.15) is 18.4 Å². The first-order chi connectivity index (χ1) is 11.3. The molecular weight excluding hydrogens is 321 g/mol. The van der Waals surface area contributed by atoms with Crippen molar-refractivity contribution in [2.75, 3.05) is 26.2 Å². The SMILES string of the molecule is O=C(NCC(O)Cc1ccccc1)C1CCCN(CC(F)(F)F)C1. The van der Waals surface area contributed by atoms with Crippen molar-refractivity contribution in [2.45, 2.75) is 31.5 Å². The Morgan fingerprint density at radius 2 is 2.04 bits per heavy atom. The van der Waals surface area contributed by atoms with Gasteiger partial charge in [-0.3, -0.25) is 9.69 Å². The third-order valence-electron chi connectivity index (χ3n) is 4.11. The van der Waals surface area contributed by atoms with Crippen LogP contribution in [-0.2, 0) is 11.2 Å². The lowest BCUT2D eigenvalue weighted by Crippen LogP contribution is -2.47. The van der Waals surface area contributed by atoms with Crippen molar-refractivity contribution >= 4 is 5.91 Å². The molecule has 4 nitrogen and oxygen atoms in total. The summed E-state index contributed by atoms with van der Waals surface area (Å²) in [6.07, 6.45) is -3.39. The summed E-state index contributed by atoms with van der Waals surface area (Å²) in [5.74, 6) is -0.737. The molecule has 0 aliphatic carbocycles. The Balaban J connectivity index is 1.75. The van der Waals surface area contributed by atoms with Crippen LogP contribution in [0.4, 0.5) is 13.2 Å². The third-order valence-corrected chi connectivity index (χ3v) is 4.11. The molecule has 2 atom stereocenters. The van der Waals surface area contributed by atoms with Gasteiger partial charge in [0, 0.05) is 19.5 Å². The molecule has 0 spiro atoms. The van der Waals surface area contributed by atoms with Gasteiger partial charge in [0.25, 0.3) is 0 Å². The maximum Gasteiger partial charge on any atom is 0.401 e. The van der Waals surface area contributed by atoms with Crippen molar-refractivity contribution in [1.82, 2.24) is 10.2 Å². The summed E-state index contributed by atoms with van der Waals surface area (Å²) in [7, 11) is 0. The number of piperidine rings is 1. The summed E-state index contributed by atoms with van der Waals surface area (Å²) in [6.45, 7) is -0.406. The molecular formula is C17H23F3N2O2. The van der Waals surface area contributed by atoms with E-state index in [0.29, 0.717) is 25.8 Å². The number of rotatable bonds is 6. The maximum absolute atomic E-state index is 12.5. The van der Waals surface area contributed by atoms with E-state index in [-0.39, 0.29) is 19.0 Å². The van der Waals surface area contributed by atoms with Gasteiger partial charge in [-0.2, -0.15) is 13.2 Å². The van der Waals surface area contributed by atoms with E-state index in [2.05, 4.69) is 5.32 Å². The second-order valence-corrected chi connectivity index (χ2v) is 6.28. The Labute approximate surface area is 139 Å². The van der Waals surface area contributed by atoms with E-state index in [1.54, 1.807) is 0 Å². The predicted octanol–water partition coefficient (Wildman–Crippen LogP) is 1.98. The number of alkyl halides is 3. The summed E-state index contributed by atoms with van der Waals surface area (Å²) < 4.78 is 37.4. The lowest BCUT2D eigenvalue weighted by Gasteiger charge is -2.32. The fourth-order valence-corrected chi connectivity index (χ4v) is 2.99. The maximum atomic E-state index is 12.5. The zero-order valence-electron chi connectivity index (χ0n) is 13.4. The van der Waals surface area contributed by atoms with Crippen molar-refractivity contribution in [3.8, 4) is 0 Å². The van der Waals surface area contributed by atoms with Crippen molar-refractivity contribution in [1.29, 1.82) is 0 Å². The molecule has 1 heterocycles. The second kappa shape index (κ2) is 8.48. The van der Waals surface area contributed by atoms with Gasteiger partial charge in [0.15, 0.2) is 0 Å². The fraction of sp³-hybridized carbons (Fsp3) is 0.588. The fourth-order valence-electron chi connectivity index (χ4n) is 2.99. The minimum atomic E-state index is -4.25. The topological polar surface area (TPSA) is 52.6 Å². The predicted molar refractivity (Wildman–Crippen MR) is 84.4 cm³/mol. The number of halogens is 3. The zero-order valence-corrected chi connectivity index (χ0v) is 13.4. The van der Waals surface area contributed by atoms with Crippen LogP contribution in [0.5, 0.6) is 0 Å². The Bertz CT molecular complexity index is 522. The molecule has 1 aromatic carbocycles. The van der Waals surface area contributed by atoms with Crippen LogP contribution < -0.4 is 5.32 Å². The Kier molecular flexibility index (Phi) is 6.62. The van der Waals surface area contributed by atoms with Gasteiger partial charge in [0.1, 0.15) is 0 Å². The van der Waals surface area contributed by atoms with E-state index >= 15 is 0 Å². The van der Waals surface area contributed by atoms with Gasteiger partial charge in [-0.1, -0.05) is 30.3 Å². The van der Waals surface area contributed by atoms with Gasteiger partial charge in [-0.25, -0.2) is 0 Å². The minimum absolute atomic E-state index is 0.101. The molecule has 1 saturated heterocycles. The van der Waals surface area contributed by atoms with Crippen molar-refractivity contribution in [3.05, 3.63) is 35.9 Å². The van der Waals surface area contributed by atoms with Gasteiger partial charge in [0.2, 0.25) is 5.91 Å². The highest BCUT2D eigenvalue weighted by Crippen LogP contribution is 2.22. The van der Waals surface area contributed by atoms with Crippen LogP contribution in [0.3, 0.4) is 0 Å². The average molecular weight is 344 g/mol. The number of aliphatic hydroxyl groups excluding tert-OH is 1. The van der Waals surface area contributed by atoms with Crippen LogP contribution in [-0.4, -0.2) is 54.4 Å². The summed E-state index contributed by atoms with van der Waals surface area (Å²) in [5.41, 5.74) is 0.966. The van der Waals surface area contributed by atoms with Crippen LogP contribution in [0.15, 0.2) is 30.3 Å². The van der Waals surface area contributed by atoms with Crippen molar-refractivity contribution in [3.63, 3.8) is 0 Å². The highest BCUT2D eigenvalue weighted by molar-refractivity contribution is 5.79. The van der Waals surface area contributed by atoms with Gasteiger partial charge in [-0.15, -0.1) is 0 Å². The van der Waals surface area contributed by atoms with E-state index in [4.69, 9.17) is 0 Å². The molecule has 2 rings (SSSR count). The first kappa shape index (κ1) is 18.7. The lowest BCUT2D eigenvalue weighted by molar-refractivity contribution is -0.152. The van der Waals surface area contributed by atoms with E-state index < -0.39 is 24.7 Å². The van der Waals surface area contributed by atoms with Crippen molar-refractivity contribution in [2.24, 2.45) is 5.92 Å². The summed E-state index contributed by atoms with van der Waals surface area (Å²) in [4.78, 5) is 13.4. The number of hydrogen-bond acceptors (Lipinski definition) is 3. The average Bonchev–Trinajstić information content (AvgIpc) is 2.52. The highest BCUT2D eigenvalue weighted by atomic mass is 19.4. The van der Waals surface area contributed by atoms with E-state index in [9.17, 15) is 23.1 Å². The molecule has 2 N–H and O–H groups in total. The third kappa shape index (κ3) is 6.49. The minimum Gasteiger partial charge on any atom is -0.391 e. The molecule has 134 valence electrons. The molecule has 24 heavy (non-hydrogen) atoms. The number of likely N-dealkylation sites (tertiary alicyclic amines) is 1. The molecule has 0 aromatic heterocycles. The number of aliphatic hydroxyl groups is 1. The Morgan fingerprint density at radius 3 is 2.71 bits per heavy atom. The lowest BCUT2D eigenvalue weighted by atomic mass is 9.97. The Morgan fingerprint density at radius 1 is 1.33 bits per heavy atom. The number of amides is 1. The monoisotopic (exact) mass is 344 g/mol. The second-order valence-electron chi connectivity index (χ2n) is 6.28. The smallest absolute Gasteiger partial charge is 0.391 e. The normalized spacial score (nSPS) is 20.6. The number of carbonyl (C=O) groups excluding carboxylic acids is 1. The molecule has 2 unspecified atom stereocenters. The highest BCUT2D eigenvalue weighted by Gasteiger charge is 2.34. The molecule has 1 aliphatic heterocycles. The molecule has 1 amide bonds. The first-order valence-corrected chi connectivity index (χ1v) is 8.12. The molecule has 0 bridgehead atoms. The van der Waals surface area contributed by atoms with Crippen LogP contribution in [0.25, 0.3) is 0 Å². The van der Waals surface area contributed by atoms with Gasteiger partial charge >= 0.3 is 6.18 Å². The number of hydrogen-bond donors (Lipinski definition) is 2. The molecule has 1 fully saturated rings. The molecule has 7 heteroatoms. The first-order valence-electron chi connectivity index (χ1n) is 8.12. The summed E-state index contributed by atoms with van der Waals surface area (Å²) in [6, 6.07) is 9.41. The van der Waals surface area contributed by atoms with Crippen LogP contribution in [0, 0.1) is 5.92 Å². The standard InChI is InChI=1S/C17H23F3N2O2/c18-17(19,20)12-22-8-4-7-14(11-22)16(24)21-10-15(23)9-13-5-2-1-3-6-13/h1-3,5-6,14-15,23H,4,7-12H2,(H,21,24). The number of nitrogens with zero attached hydrogens (tertiary/aromatic N) is 1. The van der Waals surface area contributed by atoms with E-state index in [1.807, 2.05) is 30.3 Å². The molecule has 1 aromatic rings. The zero-order chi connectivity index (χ0) is 17.6. The number of benzene rings is 1. The molecule has 0 radical (unpaired) electrons. The molecule has 1 aliphatic rings. The Hall–Kier alpha value is -1.60. The molecule has 0 saturated carbocycles. The van der Waals surface area contributed by atoms with Gasteiger partial charge < -0.3 is 10.4 Å². The van der Waals surface area contributed by atoms with Gasteiger partial charge in [0.05, 0.1) is 18.6 Å². The van der Waals surface area contributed by atoms with E-state index in [0.717, 1.165) is 5.56 Å². The van der Waals surface area contributed by atoms with Crippen LogP contribution in [0.2, 0.25) is 0 Å².